The summed E-state index contributed by atoms with van der Waals surface area (Å²) in [5.41, 5.74) is 6.80. The first-order valence-corrected chi connectivity index (χ1v) is 6.04. The minimum Gasteiger partial charge on any atom is -0.325 e. The van der Waals surface area contributed by atoms with Crippen molar-refractivity contribution in [1.29, 1.82) is 0 Å². The highest BCUT2D eigenvalue weighted by molar-refractivity contribution is 6.06. The van der Waals surface area contributed by atoms with Gasteiger partial charge in [-0.25, -0.2) is 5.43 Å². The number of amides is 2. The van der Waals surface area contributed by atoms with Crippen molar-refractivity contribution < 1.29 is 9.59 Å². The van der Waals surface area contributed by atoms with Gasteiger partial charge in [0.1, 0.15) is 0 Å². The summed E-state index contributed by atoms with van der Waals surface area (Å²) >= 11 is 0. The highest BCUT2D eigenvalue weighted by Crippen LogP contribution is 2.21. The third-order valence-corrected chi connectivity index (χ3v) is 2.67. The molecule has 0 aliphatic carbocycles. The lowest BCUT2D eigenvalue weighted by Gasteiger charge is -2.12. The van der Waals surface area contributed by atoms with Gasteiger partial charge in [0, 0.05) is 11.4 Å². The molecule has 0 spiro atoms. The highest BCUT2D eigenvalue weighted by atomic mass is 16.1. The van der Waals surface area contributed by atoms with E-state index in [4.69, 9.17) is 0 Å². The van der Waals surface area contributed by atoms with Crippen molar-refractivity contribution in [1.82, 2.24) is 5.43 Å². The summed E-state index contributed by atoms with van der Waals surface area (Å²) < 4.78 is 0. The van der Waals surface area contributed by atoms with Gasteiger partial charge in [-0.15, -0.1) is 0 Å². The summed E-state index contributed by atoms with van der Waals surface area (Å²) in [5, 5.41) is 6.60. The van der Waals surface area contributed by atoms with Crippen LogP contribution >= 0.6 is 0 Å². The van der Waals surface area contributed by atoms with Crippen molar-refractivity contribution >= 4 is 23.7 Å². The van der Waals surface area contributed by atoms with Gasteiger partial charge >= 0.3 is 0 Å². The lowest BCUT2D eigenvalue weighted by Crippen LogP contribution is -2.18. The molecule has 2 amide bonds. The van der Waals surface area contributed by atoms with Crippen LogP contribution in [0.25, 0.3) is 0 Å². The molecule has 0 saturated carbocycles. The Morgan fingerprint density at radius 3 is 2.37 bits per heavy atom. The van der Waals surface area contributed by atoms with Crippen molar-refractivity contribution in [2.24, 2.45) is 5.10 Å². The zero-order valence-corrected chi connectivity index (χ0v) is 11.7. The standard InChI is InChI=1S/C14H19N3O2/c1-9-5-10(2)14(11(3)6-9)16-13(19)7-12(4)17-15-8-18/h5-6,8H,7H2,1-4H3,(H,15,18)(H,16,19). The van der Waals surface area contributed by atoms with E-state index in [2.05, 4.69) is 15.8 Å². The fourth-order valence-electron chi connectivity index (χ4n) is 1.97. The van der Waals surface area contributed by atoms with Crippen LogP contribution in [0.4, 0.5) is 5.69 Å². The van der Waals surface area contributed by atoms with Crippen molar-refractivity contribution in [3.63, 3.8) is 0 Å². The minimum absolute atomic E-state index is 0.146. The molecule has 0 fully saturated rings. The van der Waals surface area contributed by atoms with E-state index in [1.165, 1.54) is 5.56 Å². The fourth-order valence-corrected chi connectivity index (χ4v) is 1.97. The maximum absolute atomic E-state index is 11.9. The molecule has 0 atom stereocenters. The van der Waals surface area contributed by atoms with Crippen molar-refractivity contribution in [3.8, 4) is 0 Å². The van der Waals surface area contributed by atoms with Crippen LogP contribution in [-0.2, 0) is 9.59 Å². The smallest absolute Gasteiger partial charge is 0.230 e. The number of hydrogen-bond donors (Lipinski definition) is 2. The third kappa shape index (κ3) is 4.54. The van der Waals surface area contributed by atoms with E-state index in [0.29, 0.717) is 12.1 Å². The Morgan fingerprint density at radius 2 is 1.84 bits per heavy atom. The molecule has 1 rings (SSSR count). The van der Waals surface area contributed by atoms with Gasteiger partial charge in [-0.1, -0.05) is 17.7 Å². The van der Waals surface area contributed by atoms with E-state index >= 15 is 0 Å². The number of nitrogens with one attached hydrogen (secondary N) is 2. The molecule has 0 aliphatic rings. The molecule has 0 heterocycles. The number of anilines is 1. The number of rotatable bonds is 5. The molecule has 5 heteroatoms. The molecule has 0 aliphatic heterocycles. The van der Waals surface area contributed by atoms with E-state index in [-0.39, 0.29) is 12.3 Å². The Balaban J connectivity index is 2.75. The first kappa shape index (κ1) is 14.9. The average Bonchev–Trinajstić information content (AvgIpc) is 2.31. The zero-order chi connectivity index (χ0) is 14.4. The number of carbonyl (C=O) groups excluding carboxylic acids is 2. The summed E-state index contributed by atoms with van der Waals surface area (Å²) in [7, 11) is 0. The molecule has 2 N–H and O–H groups in total. The third-order valence-electron chi connectivity index (χ3n) is 2.67. The van der Waals surface area contributed by atoms with Crippen LogP contribution in [0, 0.1) is 20.8 Å². The van der Waals surface area contributed by atoms with Crippen LogP contribution in [0.3, 0.4) is 0 Å². The van der Waals surface area contributed by atoms with Gasteiger partial charge in [0.15, 0.2) is 0 Å². The van der Waals surface area contributed by atoms with Crippen LogP contribution in [0.2, 0.25) is 0 Å². The van der Waals surface area contributed by atoms with Gasteiger partial charge in [0.2, 0.25) is 12.3 Å². The molecule has 1 aromatic carbocycles. The average molecular weight is 261 g/mol. The quantitative estimate of drug-likeness (QED) is 0.484. The van der Waals surface area contributed by atoms with E-state index < -0.39 is 0 Å². The SMILES string of the molecule is CC(CC(=O)Nc1c(C)cc(C)cc1C)=NNC=O. The molecule has 0 radical (unpaired) electrons. The van der Waals surface area contributed by atoms with Gasteiger partial charge in [-0.3, -0.25) is 9.59 Å². The maximum atomic E-state index is 11.9. The van der Waals surface area contributed by atoms with Gasteiger partial charge in [0.05, 0.1) is 6.42 Å². The Labute approximate surface area is 113 Å². The molecule has 0 aromatic heterocycles. The lowest BCUT2D eigenvalue weighted by molar-refractivity contribution is -0.115. The molecular formula is C14H19N3O2. The highest BCUT2D eigenvalue weighted by Gasteiger charge is 2.09. The van der Waals surface area contributed by atoms with Gasteiger partial charge < -0.3 is 5.32 Å². The van der Waals surface area contributed by atoms with Gasteiger partial charge in [-0.05, 0) is 38.8 Å². The van der Waals surface area contributed by atoms with Crippen LogP contribution in [0.1, 0.15) is 30.0 Å². The lowest BCUT2D eigenvalue weighted by atomic mass is 10.0. The Hall–Kier alpha value is -2.17. The molecule has 5 nitrogen and oxygen atoms in total. The first-order valence-electron chi connectivity index (χ1n) is 6.04. The van der Waals surface area contributed by atoms with E-state index in [9.17, 15) is 9.59 Å². The zero-order valence-electron chi connectivity index (χ0n) is 11.7. The molecule has 0 bridgehead atoms. The van der Waals surface area contributed by atoms with E-state index in [1.807, 2.05) is 32.9 Å². The summed E-state index contributed by atoms with van der Waals surface area (Å²) in [6.07, 6.45) is 0.614. The topological polar surface area (TPSA) is 70.6 Å². The number of hydrogen-bond acceptors (Lipinski definition) is 3. The second kappa shape index (κ2) is 6.68. The second-order valence-corrected chi connectivity index (χ2v) is 4.59. The van der Waals surface area contributed by atoms with Crippen LogP contribution in [0.5, 0.6) is 0 Å². The monoisotopic (exact) mass is 261 g/mol. The molecular weight excluding hydrogens is 242 g/mol. The van der Waals surface area contributed by atoms with Crippen molar-refractivity contribution in [2.75, 3.05) is 5.32 Å². The summed E-state index contributed by atoms with van der Waals surface area (Å²) in [5.74, 6) is -0.149. The predicted octanol–water partition coefficient (Wildman–Crippen LogP) is 2.06. The molecule has 0 unspecified atom stereocenters. The van der Waals surface area contributed by atoms with Gasteiger partial charge in [-0.2, -0.15) is 5.10 Å². The first-order chi connectivity index (χ1) is 8.93. The Kier molecular flexibility index (Phi) is 5.23. The van der Waals surface area contributed by atoms with E-state index in [0.717, 1.165) is 16.8 Å². The predicted molar refractivity (Wildman–Crippen MR) is 76.2 cm³/mol. The van der Waals surface area contributed by atoms with Crippen molar-refractivity contribution in [2.45, 2.75) is 34.1 Å². The number of hydrazone groups is 1. The Bertz CT molecular complexity index is 498. The summed E-state index contributed by atoms with van der Waals surface area (Å²) in [6, 6.07) is 4.05. The van der Waals surface area contributed by atoms with Gasteiger partial charge in [0.25, 0.3) is 0 Å². The molecule has 19 heavy (non-hydrogen) atoms. The largest absolute Gasteiger partial charge is 0.325 e. The van der Waals surface area contributed by atoms with Crippen LogP contribution in [0.15, 0.2) is 17.2 Å². The fraction of sp³-hybridized carbons (Fsp3) is 0.357. The number of benzene rings is 1. The normalized spacial score (nSPS) is 11.1. The van der Waals surface area contributed by atoms with Crippen molar-refractivity contribution in [3.05, 3.63) is 28.8 Å². The van der Waals surface area contributed by atoms with Crippen LogP contribution in [-0.4, -0.2) is 18.0 Å². The molecule has 102 valence electrons. The molecule has 0 saturated heterocycles. The number of nitrogens with zero attached hydrogens (tertiary/aromatic N) is 1. The van der Waals surface area contributed by atoms with Crippen LogP contribution < -0.4 is 10.7 Å². The maximum Gasteiger partial charge on any atom is 0.230 e. The summed E-state index contributed by atoms with van der Waals surface area (Å²) in [6.45, 7) is 7.63. The Morgan fingerprint density at radius 1 is 1.26 bits per heavy atom. The number of aryl methyl sites for hydroxylation is 3. The number of carbonyl (C=O) groups is 2. The minimum atomic E-state index is -0.149. The van der Waals surface area contributed by atoms with E-state index in [1.54, 1.807) is 6.92 Å². The second-order valence-electron chi connectivity index (χ2n) is 4.59. The molecule has 1 aromatic rings. The summed E-state index contributed by atoms with van der Waals surface area (Å²) in [4.78, 5) is 22.0.